The Morgan fingerprint density at radius 2 is 1.94 bits per heavy atom. The number of carbonyl (C=O) groups is 1. The Morgan fingerprint density at radius 3 is 2.52 bits per heavy atom. The molecule has 8 nitrogen and oxygen atoms in total. The molecule has 0 aromatic carbocycles. The predicted molar refractivity (Wildman–Crippen MR) is 121 cm³/mol. The molecule has 0 bridgehead atoms. The van der Waals surface area contributed by atoms with Crippen LogP contribution in [-0.2, 0) is 19.6 Å². The quantitative estimate of drug-likeness (QED) is 0.587. The summed E-state index contributed by atoms with van der Waals surface area (Å²) in [4.78, 5) is 21.1. The molecule has 0 radical (unpaired) electrons. The van der Waals surface area contributed by atoms with E-state index < -0.39 is 27.9 Å². The number of alkyl halides is 2. The fraction of sp³-hybridized carbons (Fsp3) is 0.727. The SMILES string of the molecule is CCN(c1nc(C)ccc1S(=O)(=O)N1COC[C@H]1C(=O)N(C)C1CCC(F)(F)CC1)C(C)C. The van der Waals surface area contributed by atoms with Crippen LogP contribution in [0, 0.1) is 6.92 Å². The minimum Gasteiger partial charge on any atom is -0.363 e. The van der Waals surface area contributed by atoms with Crippen LogP contribution in [0.25, 0.3) is 0 Å². The van der Waals surface area contributed by atoms with Gasteiger partial charge in [0.25, 0.3) is 0 Å². The molecule has 0 unspecified atom stereocenters. The van der Waals surface area contributed by atoms with Crippen LogP contribution in [0.4, 0.5) is 14.6 Å². The van der Waals surface area contributed by atoms with Crippen molar-refractivity contribution in [3.05, 3.63) is 17.8 Å². The lowest BCUT2D eigenvalue weighted by Crippen LogP contribution is -2.51. The highest BCUT2D eigenvalue weighted by atomic mass is 32.2. The summed E-state index contributed by atoms with van der Waals surface area (Å²) in [6.45, 7) is 7.86. The number of nitrogens with zero attached hydrogens (tertiary/aromatic N) is 4. The maximum absolute atomic E-state index is 13.7. The van der Waals surface area contributed by atoms with E-state index >= 15 is 0 Å². The highest BCUT2D eigenvalue weighted by Crippen LogP contribution is 2.36. The summed E-state index contributed by atoms with van der Waals surface area (Å²) in [5.41, 5.74) is 0.683. The van der Waals surface area contributed by atoms with Gasteiger partial charge in [0.2, 0.25) is 21.9 Å². The molecule has 3 rings (SSSR count). The molecule has 0 N–H and O–H groups in total. The Morgan fingerprint density at radius 1 is 1.30 bits per heavy atom. The zero-order valence-corrected chi connectivity index (χ0v) is 20.7. The molecule has 1 saturated heterocycles. The first kappa shape index (κ1) is 25.8. The second kappa shape index (κ2) is 9.79. The van der Waals surface area contributed by atoms with Crippen LogP contribution >= 0.6 is 0 Å². The van der Waals surface area contributed by atoms with Crippen LogP contribution < -0.4 is 4.90 Å². The Hall–Kier alpha value is -1.85. The Kier molecular flexibility index (Phi) is 7.65. The van der Waals surface area contributed by atoms with Crippen LogP contribution in [0.2, 0.25) is 0 Å². The van der Waals surface area contributed by atoms with Crippen molar-refractivity contribution < 1.29 is 26.7 Å². The van der Waals surface area contributed by atoms with Crippen LogP contribution in [-0.4, -0.2) is 79.5 Å². The van der Waals surface area contributed by atoms with Gasteiger partial charge in [-0.2, -0.15) is 4.31 Å². The van der Waals surface area contributed by atoms with Gasteiger partial charge < -0.3 is 14.5 Å². The molecule has 1 aliphatic heterocycles. The number of sulfonamides is 1. The van der Waals surface area contributed by atoms with Crippen LogP contribution in [0.1, 0.15) is 52.1 Å². The number of hydrogen-bond donors (Lipinski definition) is 0. The fourth-order valence-electron chi connectivity index (χ4n) is 4.51. The number of likely N-dealkylation sites (N-methyl/N-ethyl adjacent to an activating group) is 1. The van der Waals surface area contributed by atoms with Crippen LogP contribution in [0.15, 0.2) is 17.0 Å². The summed E-state index contributed by atoms with van der Waals surface area (Å²) in [6, 6.07) is 1.76. The van der Waals surface area contributed by atoms with Crippen molar-refractivity contribution in [3.63, 3.8) is 0 Å². The number of aryl methyl sites for hydroxylation is 1. The van der Waals surface area contributed by atoms with Gasteiger partial charge in [-0.15, -0.1) is 0 Å². The Bertz CT molecular complexity index is 963. The van der Waals surface area contributed by atoms with Gasteiger partial charge in [-0.05, 0) is 52.7 Å². The summed E-state index contributed by atoms with van der Waals surface area (Å²) in [7, 11) is -2.56. The van der Waals surface area contributed by atoms with Gasteiger partial charge >= 0.3 is 0 Å². The van der Waals surface area contributed by atoms with Crippen molar-refractivity contribution >= 4 is 21.7 Å². The summed E-state index contributed by atoms with van der Waals surface area (Å²) in [6.07, 6.45) is -0.194. The van der Waals surface area contributed by atoms with Crippen molar-refractivity contribution in [2.24, 2.45) is 0 Å². The van der Waals surface area contributed by atoms with Crippen molar-refractivity contribution in [3.8, 4) is 0 Å². The number of carbonyl (C=O) groups excluding carboxylic acids is 1. The van der Waals surface area contributed by atoms with E-state index in [0.29, 0.717) is 18.1 Å². The minimum absolute atomic E-state index is 0.0149. The molecule has 11 heteroatoms. The van der Waals surface area contributed by atoms with E-state index in [-0.39, 0.29) is 56.0 Å². The zero-order chi connectivity index (χ0) is 24.6. The maximum Gasteiger partial charge on any atom is 0.249 e. The molecule has 2 heterocycles. The lowest BCUT2D eigenvalue weighted by molar-refractivity contribution is -0.138. The average Bonchev–Trinajstić information content (AvgIpc) is 3.24. The smallest absolute Gasteiger partial charge is 0.249 e. The predicted octanol–water partition coefficient (Wildman–Crippen LogP) is 3.01. The van der Waals surface area contributed by atoms with Crippen LogP contribution in [0.5, 0.6) is 0 Å². The van der Waals surface area contributed by atoms with Gasteiger partial charge in [-0.1, -0.05) is 0 Å². The summed E-state index contributed by atoms with van der Waals surface area (Å²) in [5, 5.41) is 0. The van der Waals surface area contributed by atoms with E-state index in [1.165, 1.54) is 11.0 Å². The zero-order valence-electron chi connectivity index (χ0n) is 19.9. The van der Waals surface area contributed by atoms with Gasteiger partial charge in [-0.3, -0.25) is 4.79 Å². The van der Waals surface area contributed by atoms with Gasteiger partial charge in [-0.25, -0.2) is 22.2 Å². The largest absolute Gasteiger partial charge is 0.363 e. The highest BCUT2D eigenvalue weighted by Gasteiger charge is 2.45. The van der Waals surface area contributed by atoms with E-state index in [4.69, 9.17) is 4.74 Å². The van der Waals surface area contributed by atoms with Gasteiger partial charge in [0, 0.05) is 44.2 Å². The lowest BCUT2D eigenvalue weighted by atomic mass is 9.91. The topological polar surface area (TPSA) is 83.0 Å². The first-order valence-electron chi connectivity index (χ1n) is 11.4. The molecule has 1 saturated carbocycles. The second-order valence-corrected chi connectivity index (χ2v) is 11.0. The summed E-state index contributed by atoms with van der Waals surface area (Å²) in [5.74, 6) is -2.81. The maximum atomic E-state index is 13.7. The van der Waals surface area contributed by atoms with E-state index in [1.807, 2.05) is 25.7 Å². The lowest BCUT2D eigenvalue weighted by Gasteiger charge is -2.36. The third-order valence-corrected chi connectivity index (χ3v) is 8.36. The second-order valence-electron chi connectivity index (χ2n) is 9.10. The molecule has 2 aliphatic rings. The van der Waals surface area contributed by atoms with E-state index in [9.17, 15) is 22.0 Å². The van der Waals surface area contributed by atoms with Crippen LogP contribution in [0.3, 0.4) is 0 Å². The third kappa shape index (κ3) is 5.30. The summed E-state index contributed by atoms with van der Waals surface area (Å²) < 4.78 is 61.0. The minimum atomic E-state index is -4.12. The normalized spacial score (nSPS) is 22.0. The van der Waals surface area contributed by atoms with Gasteiger partial charge in [0.1, 0.15) is 23.5 Å². The third-order valence-electron chi connectivity index (χ3n) is 6.51. The Labute approximate surface area is 194 Å². The monoisotopic (exact) mass is 488 g/mol. The van der Waals surface area contributed by atoms with Crippen molar-refractivity contribution in [2.45, 2.75) is 82.3 Å². The van der Waals surface area contributed by atoms with Crippen molar-refractivity contribution in [1.29, 1.82) is 0 Å². The summed E-state index contributed by atoms with van der Waals surface area (Å²) >= 11 is 0. The number of amides is 1. The van der Waals surface area contributed by atoms with Gasteiger partial charge in [0.05, 0.1) is 6.61 Å². The highest BCUT2D eigenvalue weighted by molar-refractivity contribution is 7.89. The first-order valence-corrected chi connectivity index (χ1v) is 12.8. The number of rotatable bonds is 7. The molecule has 33 heavy (non-hydrogen) atoms. The van der Waals surface area contributed by atoms with Crippen molar-refractivity contribution in [1.82, 2.24) is 14.2 Å². The number of anilines is 1. The molecule has 2 fully saturated rings. The van der Waals surface area contributed by atoms with E-state index in [1.54, 1.807) is 20.0 Å². The first-order chi connectivity index (χ1) is 15.4. The molecule has 0 spiro atoms. The van der Waals surface area contributed by atoms with E-state index in [2.05, 4.69) is 4.98 Å². The number of ether oxygens (including phenoxy) is 1. The number of hydrogen-bond acceptors (Lipinski definition) is 6. The number of pyridine rings is 1. The molecule has 1 aliphatic carbocycles. The van der Waals surface area contributed by atoms with Gasteiger partial charge in [0.15, 0.2) is 0 Å². The molecule has 1 aromatic heterocycles. The number of halogens is 2. The molecular formula is C22H34F2N4O4S. The fourth-order valence-corrected chi connectivity index (χ4v) is 6.09. The standard InChI is InChI=1S/C22H34F2N4O4S/c1-6-27(15(2)3)20-19(8-7-16(4)25-20)33(30,31)28-14-32-13-18(28)21(29)26(5)17-9-11-22(23,24)12-10-17/h7-8,15,17-18H,6,9-14H2,1-5H3/t18-/m0/s1. The van der Waals surface area contributed by atoms with Crippen molar-refractivity contribution in [2.75, 3.05) is 31.8 Å². The number of aromatic nitrogens is 1. The van der Waals surface area contributed by atoms with E-state index in [0.717, 1.165) is 4.31 Å². The molecular weight excluding hydrogens is 454 g/mol. The molecule has 1 amide bonds. The molecule has 1 atom stereocenters. The molecule has 186 valence electrons. The molecule has 1 aromatic rings. The average molecular weight is 489 g/mol. The Balaban J connectivity index is 1.89.